The Morgan fingerprint density at radius 3 is 2.29 bits per heavy atom. The highest BCUT2D eigenvalue weighted by Gasteiger charge is 2.17. The predicted molar refractivity (Wildman–Crippen MR) is 82.8 cm³/mol. The zero-order valence-electron chi connectivity index (χ0n) is 10.9. The number of anilines is 1. The second-order valence-corrected chi connectivity index (χ2v) is 6.88. The third kappa shape index (κ3) is 3.59. The Labute approximate surface area is 130 Å². The van der Waals surface area contributed by atoms with Gasteiger partial charge in [0.25, 0.3) is 15.7 Å². The Hall–Kier alpha value is -1.93. The third-order valence-electron chi connectivity index (χ3n) is 2.73. The number of non-ortho nitro benzene ring substituents is 1. The third-order valence-corrected chi connectivity index (χ3v) is 4.76. The van der Waals surface area contributed by atoms with Gasteiger partial charge in [-0.25, -0.2) is 8.42 Å². The molecule has 0 spiro atoms. The fraction of sp³-hybridized carbons (Fsp3) is 0.0769. The summed E-state index contributed by atoms with van der Waals surface area (Å²) in [6.45, 7) is 1.89. The summed E-state index contributed by atoms with van der Waals surface area (Å²) < 4.78 is 27.5. The van der Waals surface area contributed by atoms with Gasteiger partial charge in [-0.15, -0.1) is 0 Å². The van der Waals surface area contributed by atoms with E-state index in [1.54, 1.807) is 18.2 Å². The number of halogens is 1. The van der Waals surface area contributed by atoms with Crippen LogP contribution >= 0.6 is 15.9 Å². The fourth-order valence-electron chi connectivity index (χ4n) is 1.65. The number of aryl methyl sites for hydroxylation is 1. The Morgan fingerprint density at radius 1 is 1.14 bits per heavy atom. The molecule has 1 N–H and O–H groups in total. The van der Waals surface area contributed by atoms with Crippen LogP contribution in [0.25, 0.3) is 0 Å². The van der Waals surface area contributed by atoms with E-state index < -0.39 is 14.9 Å². The van der Waals surface area contributed by atoms with Gasteiger partial charge in [-0.1, -0.05) is 6.07 Å². The van der Waals surface area contributed by atoms with Gasteiger partial charge in [0.15, 0.2) is 0 Å². The molecule has 0 bridgehead atoms. The van der Waals surface area contributed by atoms with Crippen molar-refractivity contribution in [3.63, 3.8) is 0 Å². The van der Waals surface area contributed by atoms with Crippen LogP contribution in [0.2, 0.25) is 0 Å². The molecule has 0 fully saturated rings. The number of benzene rings is 2. The summed E-state index contributed by atoms with van der Waals surface area (Å²) in [4.78, 5) is 9.94. The lowest BCUT2D eigenvalue weighted by Crippen LogP contribution is -2.13. The highest BCUT2D eigenvalue weighted by Crippen LogP contribution is 2.26. The average Bonchev–Trinajstić information content (AvgIpc) is 2.42. The number of sulfonamides is 1. The van der Waals surface area contributed by atoms with Gasteiger partial charge in [0.05, 0.1) is 15.5 Å². The van der Waals surface area contributed by atoms with Gasteiger partial charge in [0.2, 0.25) is 0 Å². The van der Waals surface area contributed by atoms with E-state index in [-0.39, 0.29) is 10.6 Å². The van der Waals surface area contributed by atoms with Crippen LogP contribution in [0.5, 0.6) is 0 Å². The van der Waals surface area contributed by atoms with E-state index in [1.165, 1.54) is 12.1 Å². The smallest absolute Gasteiger partial charge is 0.269 e. The first-order valence-corrected chi connectivity index (χ1v) is 8.10. The molecule has 110 valence electrons. The lowest BCUT2D eigenvalue weighted by Gasteiger charge is -2.10. The molecule has 6 nitrogen and oxygen atoms in total. The number of nitrogens with zero attached hydrogens (tertiary/aromatic N) is 1. The average molecular weight is 371 g/mol. The number of hydrogen-bond acceptors (Lipinski definition) is 4. The molecule has 0 saturated carbocycles. The minimum Gasteiger partial charge on any atom is -0.278 e. The number of nitro benzene ring substituents is 1. The molecule has 0 atom stereocenters. The molecule has 0 aromatic heterocycles. The molecule has 0 aliphatic heterocycles. The first kappa shape index (κ1) is 15.5. The van der Waals surface area contributed by atoms with Crippen LogP contribution in [0.15, 0.2) is 51.8 Å². The van der Waals surface area contributed by atoms with E-state index in [0.29, 0.717) is 10.2 Å². The molecular formula is C13H11BrN2O4S. The van der Waals surface area contributed by atoms with Gasteiger partial charge in [-0.3, -0.25) is 14.8 Å². The van der Waals surface area contributed by atoms with Crippen LogP contribution in [0.4, 0.5) is 11.4 Å². The predicted octanol–water partition coefficient (Wildman–Crippen LogP) is 3.47. The van der Waals surface area contributed by atoms with Crippen molar-refractivity contribution < 1.29 is 13.3 Å². The standard InChI is InChI=1S/C13H11BrN2O4S/c1-9-2-7-13(12(14)8-9)15-21(19,20)11-5-3-10(4-6-11)16(17)18/h2-8,15H,1H3. The summed E-state index contributed by atoms with van der Waals surface area (Å²) >= 11 is 3.29. The Kier molecular flexibility index (Phi) is 4.29. The van der Waals surface area contributed by atoms with E-state index in [1.807, 2.05) is 6.92 Å². The van der Waals surface area contributed by atoms with Crippen molar-refractivity contribution in [2.45, 2.75) is 11.8 Å². The van der Waals surface area contributed by atoms with Crippen LogP contribution in [0.1, 0.15) is 5.56 Å². The summed E-state index contributed by atoms with van der Waals surface area (Å²) in [5.74, 6) is 0. The molecule has 0 aliphatic carbocycles. The van der Waals surface area contributed by atoms with E-state index >= 15 is 0 Å². The van der Waals surface area contributed by atoms with Gasteiger partial charge >= 0.3 is 0 Å². The molecule has 2 aromatic carbocycles. The second-order valence-electron chi connectivity index (χ2n) is 4.34. The first-order chi connectivity index (χ1) is 9.79. The molecule has 0 amide bonds. The maximum Gasteiger partial charge on any atom is 0.269 e. The normalized spacial score (nSPS) is 11.1. The van der Waals surface area contributed by atoms with Crippen molar-refractivity contribution in [3.05, 3.63) is 62.6 Å². The molecule has 0 aliphatic rings. The molecule has 0 heterocycles. The highest BCUT2D eigenvalue weighted by molar-refractivity contribution is 9.10. The zero-order chi connectivity index (χ0) is 15.6. The summed E-state index contributed by atoms with van der Waals surface area (Å²) in [6.07, 6.45) is 0. The maximum absolute atomic E-state index is 12.2. The van der Waals surface area contributed by atoms with Crippen molar-refractivity contribution in [3.8, 4) is 0 Å². The van der Waals surface area contributed by atoms with E-state index in [4.69, 9.17) is 0 Å². The number of nitrogens with one attached hydrogen (secondary N) is 1. The zero-order valence-corrected chi connectivity index (χ0v) is 13.3. The molecule has 8 heteroatoms. The summed E-state index contributed by atoms with van der Waals surface area (Å²) in [7, 11) is -3.79. The lowest BCUT2D eigenvalue weighted by molar-refractivity contribution is -0.384. The summed E-state index contributed by atoms with van der Waals surface area (Å²) in [5.41, 5.74) is 1.23. The topological polar surface area (TPSA) is 89.3 Å². The Bertz CT molecular complexity index is 788. The van der Waals surface area contributed by atoms with Crippen LogP contribution in [0, 0.1) is 17.0 Å². The minimum atomic E-state index is -3.79. The van der Waals surface area contributed by atoms with Crippen molar-refractivity contribution >= 4 is 37.3 Å². The Morgan fingerprint density at radius 2 is 1.76 bits per heavy atom. The van der Waals surface area contributed by atoms with Crippen molar-refractivity contribution in [1.82, 2.24) is 0 Å². The molecular weight excluding hydrogens is 360 g/mol. The summed E-state index contributed by atoms with van der Waals surface area (Å²) in [5, 5.41) is 10.6. The van der Waals surface area contributed by atoms with Gasteiger partial charge in [-0.05, 0) is 52.7 Å². The molecule has 2 aromatic rings. The first-order valence-electron chi connectivity index (χ1n) is 5.83. The molecule has 0 unspecified atom stereocenters. The van der Waals surface area contributed by atoms with Gasteiger partial charge in [0, 0.05) is 16.6 Å². The van der Waals surface area contributed by atoms with E-state index in [9.17, 15) is 18.5 Å². The van der Waals surface area contributed by atoms with Crippen molar-refractivity contribution in [1.29, 1.82) is 0 Å². The number of hydrogen-bond donors (Lipinski definition) is 1. The van der Waals surface area contributed by atoms with Crippen molar-refractivity contribution in [2.24, 2.45) is 0 Å². The quantitative estimate of drug-likeness (QED) is 0.658. The molecule has 2 rings (SSSR count). The molecule has 0 radical (unpaired) electrons. The Balaban J connectivity index is 2.31. The van der Waals surface area contributed by atoms with Gasteiger partial charge < -0.3 is 0 Å². The number of rotatable bonds is 4. The second kappa shape index (κ2) is 5.82. The largest absolute Gasteiger partial charge is 0.278 e. The summed E-state index contributed by atoms with van der Waals surface area (Å²) in [6, 6.07) is 9.90. The van der Waals surface area contributed by atoms with E-state index in [2.05, 4.69) is 20.7 Å². The molecule has 0 saturated heterocycles. The van der Waals surface area contributed by atoms with Gasteiger partial charge in [0.1, 0.15) is 0 Å². The van der Waals surface area contributed by atoms with Crippen molar-refractivity contribution in [2.75, 3.05) is 4.72 Å². The van der Waals surface area contributed by atoms with E-state index in [0.717, 1.165) is 17.7 Å². The van der Waals surface area contributed by atoms with Crippen LogP contribution < -0.4 is 4.72 Å². The lowest BCUT2D eigenvalue weighted by atomic mass is 10.2. The monoisotopic (exact) mass is 370 g/mol. The fourth-order valence-corrected chi connectivity index (χ4v) is 3.46. The minimum absolute atomic E-state index is 0.0411. The van der Waals surface area contributed by atoms with Gasteiger partial charge in [-0.2, -0.15) is 0 Å². The maximum atomic E-state index is 12.2. The van der Waals surface area contributed by atoms with Crippen LogP contribution in [0.3, 0.4) is 0 Å². The van der Waals surface area contributed by atoms with Crippen LogP contribution in [-0.4, -0.2) is 13.3 Å². The number of nitro groups is 1. The molecule has 21 heavy (non-hydrogen) atoms. The SMILES string of the molecule is Cc1ccc(NS(=O)(=O)c2ccc([N+](=O)[O-])cc2)c(Br)c1. The van der Waals surface area contributed by atoms with Crippen LogP contribution in [-0.2, 0) is 10.0 Å². The highest BCUT2D eigenvalue weighted by atomic mass is 79.9.